The largest absolute Gasteiger partial charge is 0.298 e. The molecule has 4 nitrogen and oxygen atoms in total. The fraction of sp³-hybridized carbons (Fsp3) is 0.550. The summed E-state index contributed by atoms with van der Waals surface area (Å²) in [4.78, 5) is 4.91. The monoisotopic (exact) mass is 344 g/mol. The standard InChI is InChI=1S/C20H29FN4/c1-16-13-17(2)25(22-16)14-18(3)24-10-6-9-23(11-12-24)15-19-7-4-5-8-20(19)21/h4-5,7-8,13,18H,6,9-12,14-15H2,1-3H3. The van der Waals surface area contributed by atoms with E-state index >= 15 is 0 Å². The van der Waals surface area contributed by atoms with Gasteiger partial charge in [-0.2, -0.15) is 5.10 Å². The summed E-state index contributed by atoms with van der Waals surface area (Å²) >= 11 is 0. The Bertz CT molecular complexity index is 697. The lowest BCUT2D eigenvalue weighted by Crippen LogP contribution is -2.39. The maximum atomic E-state index is 13.9. The molecule has 0 spiro atoms. The van der Waals surface area contributed by atoms with Crippen LogP contribution < -0.4 is 0 Å². The molecule has 0 aliphatic carbocycles. The van der Waals surface area contributed by atoms with Gasteiger partial charge in [-0.25, -0.2) is 4.39 Å². The molecule has 0 amide bonds. The van der Waals surface area contributed by atoms with E-state index in [2.05, 4.69) is 39.5 Å². The number of benzene rings is 1. The molecule has 1 saturated heterocycles. The lowest BCUT2D eigenvalue weighted by molar-refractivity contribution is 0.186. The van der Waals surface area contributed by atoms with Gasteiger partial charge < -0.3 is 0 Å². The summed E-state index contributed by atoms with van der Waals surface area (Å²) in [5.41, 5.74) is 3.10. The molecule has 1 aliphatic rings. The molecule has 0 saturated carbocycles. The second-order valence-corrected chi connectivity index (χ2v) is 7.22. The molecule has 1 aromatic heterocycles. The van der Waals surface area contributed by atoms with Gasteiger partial charge in [0.05, 0.1) is 12.2 Å². The van der Waals surface area contributed by atoms with Gasteiger partial charge in [0, 0.05) is 36.9 Å². The molecule has 1 fully saturated rings. The number of nitrogens with zero attached hydrogens (tertiary/aromatic N) is 4. The molecule has 1 atom stereocenters. The average molecular weight is 344 g/mol. The highest BCUT2D eigenvalue weighted by atomic mass is 19.1. The zero-order valence-corrected chi connectivity index (χ0v) is 15.6. The molecule has 1 unspecified atom stereocenters. The molecular weight excluding hydrogens is 315 g/mol. The highest BCUT2D eigenvalue weighted by Crippen LogP contribution is 2.14. The third-order valence-corrected chi connectivity index (χ3v) is 5.14. The molecule has 0 radical (unpaired) electrons. The minimum Gasteiger partial charge on any atom is -0.298 e. The lowest BCUT2D eigenvalue weighted by Gasteiger charge is -2.28. The fourth-order valence-electron chi connectivity index (χ4n) is 3.68. The first kappa shape index (κ1) is 18.1. The average Bonchev–Trinajstić information content (AvgIpc) is 2.76. The third kappa shape index (κ3) is 4.67. The molecule has 136 valence electrons. The van der Waals surface area contributed by atoms with Crippen LogP contribution in [0.1, 0.15) is 30.3 Å². The first-order chi connectivity index (χ1) is 12.0. The van der Waals surface area contributed by atoms with Crippen LogP contribution in [0.5, 0.6) is 0 Å². The minimum atomic E-state index is -0.0958. The topological polar surface area (TPSA) is 24.3 Å². The van der Waals surface area contributed by atoms with E-state index < -0.39 is 0 Å². The summed E-state index contributed by atoms with van der Waals surface area (Å²) in [6, 6.07) is 9.69. The van der Waals surface area contributed by atoms with E-state index in [9.17, 15) is 4.39 Å². The van der Waals surface area contributed by atoms with Gasteiger partial charge in [-0.05, 0) is 52.4 Å². The van der Waals surface area contributed by atoms with Crippen LogP contribution in [0.2, 0.25) is 0 Å². The van der Waals surface area contributed by atoms with E-state index in [1.54, 1.807) is 12.1 Å². The highest BCUT2D eigenvalue weighted by molar-refractivity contribution is 5.17. The summed E-state index contributed by atoms with van der Waals surface area (Å²) in [7, 11) is 0. The number of hydrogen-bond donors (Lipinski definition) is 0. The van der Waals surface area contributed by atoms with Crippen LogP contribution in [0.25, 0.3) is 0 Å². The Kier molecular flexibility index (Phi) is 5.86. The number of aromatic nitrogens is 2. The maximum Gasteiger partial charge on any atom is 0.127 e. The van der Waals surface area contributed by atoms with Crippen molar-refractivity contribution >= 4 is 0 Å². The van der Waals surface area contributed by atoms with E-state index in [-0.39, 0.29) is 5.82 Å². The summed E-state index contributed by atoms with van der Waals surface area (Å²) in [5.74, 6) is -0.0958. The van der Waals surface area contributed by atoms with Crippen molar-refractivity contribution < 1.29 is 4.39 Å². The van der Waals surface area contributed by atoms with Crippen molar-refractivity contribution in [2.75, 3.05) is 26.2 Å². The van der Waals surface area contributed by atoms with Crippen molar-refractivity contribution in [3.8, 4) is 0 Å². The van der Waals surface area contributed by atoms with Gasteiger partial charge in [0.2, 0.25) is 0 Å². The minimum absolute atomic E-state index is 0.0958. The van der Waals surface area contributed by atoms with Crippen LogP contribution in [0.4, 0.5) is 4.39 Å². The van der Waals surface area contributed by atoms with Crippen LogP contribution in [0, 0.1) is 19.7 Å². The molecule has 1 aromatic carbocycles. The van der Waals surface area contributed by atoms with E-state index in [1.165, 1.54) is 5.69 Å². The Morgan fingerprint density at radius 1 is 1.12 bits per heavy atom. The predicted octanol–water partition coefficient (Wildman–Crippen LogP) is 3.24. The normalized spacial score (nSPS) is 18.2. The van der Waals surface area contributed by atoms with Crippen molar-refractivity contribution in [2.45, 2.75) is 46.3 Å². The second kappa shape index (κ2) is 8.11. The van der Waals surface area contributed by atoms with Gasteiger partial charge in [-0.3, -0.25) is 14.5 Å². The van der Waals surface area contributed by atoms with E-state index in [0.29, 0.717) is 12.6 Å². The Hall–Kier alpha value is -1.72. The van der Waals surface area contributed by atoms with Gasteiger partial charge in [0.1, 0.15) is 5.82 Å². The third-order valence-electron chi connectivity index (χ3n) is 5.14. The van der Waals surface area contributed by atoms with Crippen LogP contribution in [-0.4, -0.2) is 51.8 Å². The van der Waals surface area contributed by atoms with Gasteiger partial charge >= 0.3 is 0 Å². The van der Waals surface area contributed by atoms with E-state index in [1.807, 2.05) is 19.1 Å². The molecule has 25 heavy (non-hydrogen) atoms. The van der Waals surface area contributed by atoms with E-state index in [0.717, 1.165) is 50.4 Å². The number of aryl methyl sites for hydroxylation is 2. The molecule has 5 heteroatoms. The SMILES string of the molecule is Cc1cc(C)n(CC(C)N2CCCN(Cc3ccccc3F)CC2)n1. The van der Waals surface area contributed by atoms with Crippen molar-refractivity contribution in [3.05, 3.63) is 53.1 Å². The van der Waals surface area contributed by atoms with E-state index in [4.69, 9.17) is 0 Å². The Labute approximate surface area is 150 Å². The van der Waals surface area contributed by atoms with Crippen LogP contribution in [0.3, 0.4) is 0 Å². The van der Waals surface area contributed by atoms with Crippen molar-refractivity contribution in [3.63, 3.8) is 0 Å². The molecule has 3 rings (SSSR count). The van der Waals surface area contributed by atoms with Gasteiger partial charge in [-0.15, -0.1) is 0 Å². The Morgan fingerprint density at radius 2 is 1.92 bits per heavy atom. The second-order valence-electron chi connectivity index (χ2n) is 7.22. The first-order valence-electron chi connectivity index (χ1n) is 9.24. The molecule has 2 heterocycles. The Balaban J connectivity index is 1.56. The van der Waals surface area contributed by atoms with Crippen molar-refractivity contribution in [1.29, 1.82) is 0 Å². The zero-order valence-electron chi connectivity index (χ0n) is 15.6. The van der Waals surface area contributed by atoms with Gasteiger partial charge in [-0.1, -0.05) is 18.2 Å². The summed E-state index contributed by atoms with van der Waals surface area (Å²) < 4.78 is 16.0. The van der Waals surface area contributed by atoms with Gasteiger partial charge in [0.25, 0.3) is 0 Å². The lowest BCUT2D eigenvalue weighted by atomic mass is 10.2. The quantitative estimate of drug-likeness (QED) is 0.832. The summed E-state index contributed by atoms with van der Waals surface area (Å²) in [6.07, 6.45) is 1.12. The number of hydrogen-bond acceptors (Lipinski definition) is 3. The fourth-order valence-corrected chi connectivity index (χ4v) is 3.68. The smallest absolute Gasteiger partial charge is 0.127 e. The number of rotatable bonds is 5. The highest BCUT2D eigenvalue weighted by Gasteiger charge is 2.20. The molecule has 2 aromatic rings. The number of halogens is 1. The van der Waals surface area contributed by atoms with Crippen molar-refractivity contribution in [1.82, 2.24) is 19.6 Å². The molecule has 1 aliphatic heterocycles. The maximum absolute atomic E-state index is 13.9. The van der Waals surface area contributed by atoms with Crippen LogP contribution >= 0.6 is 0 Å². The van der Waals surface area contributed by atoms with Crippen LogP contribution in [-0.2, 0) is 13.1 Å². The summed E-state index contributed by atoms with van der Waals surface area (Å²) in [5, 5.41) is 4.59. The molecular formula is C20H29FN4. The van der Waals surface area contributed by atoms with Gasteiger partial charge in [0.15, 0.2) is 0 Å². The Morgan fingerprint density at radius 3 is 2.64 bits per heavy atom. The molecule has 0 bridgehead atoms. The predicted molar refractivity (Wildman–Crippen MR) is 99.0 cm³/mol. The zero-order chi connectivity index (χ0) is 17.8. The van der Waals surface area contributed by atoms with Crippen LogP contribution in [0.15, 0.2) is 30.3 Å². The molecule has 0 N–H and O–H groups in total. The van der Waals surface area contributed by atoms with Crippen molar-refractivity contribution in [2.24, 2.45) is 0 Å². The summed E-state index contributed by atoms with van der Waals surface area (Å²) in [6.45, 7) is 12.2. The first-order valence-corrected chi connectivity index (χ1v) is 9.24.